The summed E-state index contributed by atoms with van der Waals surface area (Å²) in [5.74, 6) is 1.70. The van der Waals surface area contributed by atoms with Crippen molar-refractivity contribution in [3.8, 4) is 6.07 Å². The number of rotatable bonds is 7. The van der Waals surface area contributed by atoms with Gasteiger partial charge in [0.25, 0.3) is 0 Å². The first-order valence-electron chi connectivity index (χ1n) is 12.0. The molecule has 2 N–H and O–H groups in total. The molecule has 0 radical (unpaired) electrons. The van der Waals surface area contributed by atoms with Crippen LogP contribution in [0.5, 0.6) is 0 Å². The number of likely N-dealkylation sites (tertiary alicyclic amines) is 1. The van der Waals surface area contributed by atoms with Gasteiger partial charge in [0.2, 0.25) is 5.91 Å². The third-order valence-corrected chi connectivity index (χ3v) is 7.75. The van der Waals surface area contributed by atoms with Crippen LogP contribution in [-0.2, 0) is 11.3 Å². The molecule has 3 aromatic rings. The first-order valence-corrected chi connectivity index (χ1v) is 12.9. The lowest BCUT2D eigenvalue weighted by molar-refractivity contribution is -0.137. The van der Waals surface area contributed by atoms with Crippen molar-refractivity contribution < 1.29 is 4.79 Å². The number of H-pyrrole nitrogens is 1. The molecule has 1 aliphatic carbocycles. The Kier molecular flexibility index (Phi) is 7.79. The van der Waals surface area contributed by atoms with Gasteiger partial charge in [0, 0.05) is 42.4 Å². The third-order valence-electron chi connectivity index (χ3n) is 6.86. The van der Waals surface area contributed by atoms with Crippen molar-refractivity contribution in [2.75, 3.05) is 13.1 Å². The number of fused-ring (bicyclic) bond motifs is 2. The highest BCUT2D eigenvalue weighted by atomic mass is 32.2. The number of aromatic nitrogens is 2. The fourth-order valence-corrected chi connectivity index (χ4v) is 5.63. The van der Waals surface area contributed by atoms with Crippen molar-refractivity contribution in [3.63, 3.8) is 0 Å². The van der Waals surface area contributed by atoms with Crippen LogP contribution in [0.2, 0.25) is 0 Å². The summed E-state index contributed by atoms with van der Waals surface area (Å²) in [7, 11) is 0. The van der Waals surface area contributed by atoms with E-state index in [9.17, 15) is 10.1 Å². The average Bonchev–Trinajstić information content (AvgIpc) is 3.49. The lowest BCUT2D eigenvalue weighted by atomic mass is 9.69. The Bertz CT molecular complexity index is 1110. The monoisotopic (exact) mass is 463 g/mol. The van der Waals surface area contributed by atoms with Gasteiger partial charge in [0.1, 0.15) is 11.8 Å². The molecule has 3 heterocycles. The maximum absolute atomic E-state index is 13.5. The Labute approximate surface area is 200 Å². The minimum atomic E-state index is -0.296. The largest absolute Gasteiger partial charge is 0.361 e. The number of carbonyl (C=O) groups is 1. The molecule has 3 atom stereocenters. The van der Waals surface area contributed by atoms with Gasteiger partial charge >= 0.3 is 0 Å². The van der Waals surface area contributed by atoms with Crippen molar-refractivity contribution in [2.24, 2.45) is 11.8 Å². The summed E-state index contributed by atoms with van der Waals surface area (Å²) in [4.78, 5) is 19.8. The second-order valence-corrected chi connectivity index (χ2v) is 9.57. The molecule has 0 spiro atoms. The molecule has 0 bridgehead atoms. The molecule has 2 aliphatic rings. The van der Waals surface area contributed by atoms with E-state index in [1.54, 1.807) is 0 Å². The van der Waals surface area contributed by atoms with Crippen LogP contribution < -0.4 is 4.72 Å². The van der Waals surface area contributed by atoms with Crippen molar-refractivity contribution in [2.45, 2.75) is 57.0 Å². The van der Waals surface area contributed by atoms with Gasteiger partial charge in [-0.25, -0.2) is 4.72 Å². The number of carbonyl (C=O) groups excluding carboxylic acids is 1. The highest BCUT2D eigenvalue weighted by molar-refractivity contribution is 7.97. The van der Waals surface area contributed by atoms with E-state index in [1.165, 1.54) is 30.2 Å². The molecule has 174 valence electrons. The van der Waals surface area contributed by atoms with Gasteiger partial charge in [0.05, 0.1) is 6.04 Å². The van der Waals surface area contributed by atoms with Crippen LogP contribution in [0.25, 0.3) is 10.9 Å². The van der Waals surface area contributed by atoms with E-state index < -0.39 is 0 Å². The van der Waals surface area contributed by atoms with Gasteiger partial charge in [-0.3, -0.25) is 4.79 Å². The molecule has 1 saturated heterocycles. The highest BCUT2D eigenvalue weighted by Gasteiger charge is 2.38. The second kappa shape index (κ2) is 11.0. The van der Waals surface area contributed by atoms with E-state index in [1.807, 2.05) is 42.9 Å². The Balaban J connectivity index is 0.00000126. The number of aromatic amines is 1. The highest BCUT2D eigenvalue weighted by Crippen LogP contribution is 2.40. The van der Waals surface area contributed by atoms with Crippen LogP contribution in [0.4, 0.5) is 0 Å². The quantitative estimate of drug-likeness (QED) is 0.473. The number of hydrogen-bond donors (Lipinski definition) is 2. The molecule has 1 saturated carbocycles. The van der Waals surface area contributed by atoms with E-state index in [4.69, 9.17) is 0 Å². The van der Waals surface area contributed by atoms with Crippen molar-refractivity contribution >= 4 is 28.8 Å². The molecular weight excluding hydrogens is 430 g/mol. The zero-order valence-electron chi connectivity index (χ0n) is 19.5. The Hall–Kier alpha value is -2.69. The molecule has 5 rings (SSSR count). The predicted molar refractivity (Wildman–Crippen MR) is 134 cm³/mol. The molecule has 6 nitrogen and oxygen atoms in total. The number of aryl methyl sites for hydroxylation is 1. The summed E-state index contributed by atoms with van der Waals surface area (Å²) in [6.45, 7) is 6.40. The Morgan fingerprint density at radius 3 is 2.85 bits per heavy atom. The van der Waals surface area contributed by atoms with Crippen LogP contribution in [-0.4, -0.2) is 39.5 Å². The SMILES string of the molecule is CC.N#Cc1cccn1CCC(NSc1ccc2cc[nH]c2c1)C(=O)N1CCC2CCC2C1. The van der Waals surface area contributed by atoms with Gasteiger partial charge in [-0.2, -0.15) is 5.26 Å². The lowest BCUT2D eigenvalue weighted by Crippen LogP contribution is -2.52. The van der Waals surface area contributed by atoms with Crippen molar-refractivity contribution in [1.82, 2.24) is 19.2 Å². The number of nitrogens with one attached hydrogen (secondary N) is 2. The van der Waals surface area contributed by atoms with Crippen LogP contribution in [0.3, 0.4) is 0 Å². The van der Waals surface area contributed by atoms with Gasteiger partial charge in [-0.05, 0) is 85.2 Å². The zero-order valence-corrected chi connectivity index (χ0v) is 20.3. The van der Waals surface area contributed by atoms with Crippen LogP contribution in [0, 0.1) is 23.2 Å². The molecule has 1 aliphatic heterocycles. The Morgan fingerprint density at radius 1 is 1.24 bits per heavy atom. The Morgan fingerprint density at radius 2 is 2.09 bits per heavy atom. The molecule has 2 aromatic heterocycles. The van der Waals surface area contributed by atoms with E-state index in [0.717, 1.165) is 35.8 Å². The standard InChI is InChI=1S/C24H27N5OS.C2H6/c25-15-20-2-1-11-28(20)13-9-22(24(30)29-12-8-17-3-4-19(17)16-29)27-31-21-6-5-18-7-10-26-23(18)14-21;1-2/h1-2,5-7,10-11,14,17,19,22,26-27H,3-4,8-9,12-13,16H2;1-2H3. The fourth-order valence-electron chi connectivity index (χ4n) is 4.82. The first-order chi connectivity index (χ1) is 16.2. The normalized spacial score (nSPS) is 20.2. The second-order valence-electron chi connectivity index (χ2n) is 8.66. The maximum Gasteiger partial charge on any atom is 0.240 e. The summed E-state index contributed by atoms with van der Waals surface area (Å²) in [6.07, 6.45) is 8.21. The van der Waals surface area contributed by atoms with E-state index in [0.29, 0.717) is 24.6 Å². The number of hydrogen-bond acceptors (Lipinski definition) is 4. The summed E-state index contributed by atoms with van der Waals surface area (Å²) >= 11 is 1.51. The number of benzene rings is 1. The van der Waals surface area contributed by atoms with Gasteiger partial charge in [-0.1, -0.05) is 19.9 Å². The van der Waals surface area contributed by atoms with Crippen molar-refractivity contribution in [1.29, 1.82) is 5.26 Å². The first kappa shape index (κ1) is 23.5. The molecule has 1 aromatic carbocycles. The summed E-state index contributed by atoms with van der Waals surface area (Å²) in [5.41, 5.74) is 1.72. The summed E-state index contributed by atoms with van der Waals surface area (Å²) in [5, 5.41) is 10.5. The van der Waals surface area contributed by atoms with Crippen LogP contribution in [0.1, 0.15) is 45.2 Å². The molecule has 7 heteroatoms. The molecule has 3 unspecified atom stereocenters. The number of piperidine rings is 1. The number of amides is 1. The zero-order chi connectivity index (χ0) is 23.2. The average molecular weight is 464 g/mol. The van der Waals surface area contributed by atoms with Crippen LogP contribution in [0.15, 0.2) is 53.7 Å². The molecule has 2 fully saturated rings. The van der Waals surface area contributed by atoms with E-state index in [-0.39, 0.29) is 11.9 Å². The molecule has 33 heavy (non-hydrogen) atoms. The van der Waals surface area contributed by atoms with Crippen molar-refractivity contribution in [3.05, 3.63) is 54.5 Å². The lowest BCUT2D eigenvalue weighted by Gasteiger charge is -2.46. The number of nitriles is 1. The van der Waals surface area contributed by atoms with Gasteiger partial charge in [0.15, 0.2) is 0 Å². The number of nitrogens with zero attached hydrogens (tertiary/aromatic N) is 3. The minimum absolute atomic E-state index is 0.185. The fraction of sp³-hybridized carbons (Fsp3) is 0.462. The molecule has 1 amide bonds. The molecular formula is C26H33N5OS. The van der Waals surface area contributed by atoms with E-state index in [2.05, 4.69) is 44.9 Å². The van der Waals surface area contributed by atoms with E-state index >= 15 is 0 Å². The van der Waals surface area contributed by atoms with Gasteiger partial charge < -0.3 is 14.5 Å². The van der Waals surface area contributed by atoms with Gasteiger partial charge in [-0.15, -0.1) is 0 Å². The summed E-state index contributed by atoms with van der Waals surface area (Å²) < 4.78 is 5.38. The third kappa shape index (κ3) is 5.29. The summed E-state index contributed by atoms with van der Waals surface area (Å²) in [6, 6.07) is 13.9. The predicted octanol–water partition coefficient (Wildman–Crippen LogP) is 5.18. The van der Waals surface area contributed by atoms with Crippen LogP contribution >= 0.6 is 11.9 Å². The maximum atomic E-state index is 13.5. The smallest absolute Gasteiger partial charge is 0.240 e. The topological polar surface area (TPSA) is 76.8 Å². The minimum Gasteiger partial charge on any atom is -0.361 e.